The molecule has 0 unspecified atom stereocenters. The highest BCUT2D eigenvalue weighted by Gasteiger charge is 2.38. The van der Waals surface area contributed by atoms with Crippen molar-refractivity contribution in [3.8, 4) is 11.5 Å². The van der Waals surface area contributed by atoms with Crippen LogP contribution >= 0.6 is 0 Å². The van der Waals surface area contributed by atoms with Crippen LogP contribution in [0.4, 0.5) is 0 Å². The molecular formula is C26H32N2O7. The number of ether oxygens (including phenoxy) is 3. The standard InChI is InChI=1S/C26H32N2O7/c1-16(27-20(26(32)35-4)11-10-17-8-6-5-7-9-17)24(29)28-15-19-14-23(34-3)22(33-2)13-18(19)12-21(28)25(30)31/h5-9,13-14,16,20-21,27H,10-12,15H2,1-4H3,(H,30,31)/t16-,20-,21+/m0/s1. The van der Waals surface area contributed by atoms with E-state index in [1.165, 1.54) is 26.2 Å². The van der Waals surface area contributed by atoms with Crippen LogP contribution < -0.4 is 14.8 Å². The molecule has 0 radical (unpaired) electrons. The Morgan fingerprint density at radius 3 is 2.26 bits per heavy atom. The first-order valence-corrected chi connectivity index (χ1v) is 11.4. The van der Waals surface area contributed by atoms with Gasteiger partial charge in [0.2, 0.25) is 5.91 Å². The van der Waals surface area contributed by atoms with E-state index in [0.29, 0.717) is 24.3 Å². The van der Waals surface area contributed by atoms with Gasteiger partial charge in [-0.15, -0.1) is 0 Å². The maximum atomic E-state index is 13.4. The van der Waals surface area contributed by atoms with Crippen LogP contribution in [0.25, 0.3) is 0 Å². The van der Waals surface area contributed by atoms with Crippen LogP contribution in [-0.4, -0.2) is 67.3 Å². The molecule has 9 nitrogen and oxygen atoms in total. The molecule has 2 aromatic carbocycles. The summed E-state index contributed by atoms with van der Waals surface area (Å²) in [5, 5.41) is 12.9. The number of hydrogen-bond donors (Lipinski definition) is 2. The molecule has 1 aliphatic heterocycles. The molecule has 2 N–H and O–H groups in total. The molecule has 0 aromatic heterocycles. The molecule has 2 aromatic rings. The monoisotopic (exact) mass is 484 g/mol. The Hall–Kier alpha value is -3.59. The molecule has 35 heavy (non-hydrogen) atoms. The van der Waals surface area contributed by atoms with E-state index in [9.17, 15) is 19.5 Å². The van der Waals surface area contributed by atoms with E-state index in [4.69, 9.17) is 14.2 Å². The number of aryl methyl sites for hydroxylation is 1. The minimum absolute atomic E-state index is 0.102. The zero-order valence-corrected chi connectivity index (χ0v) is 20.4. The average molecular weight is 485 g/mol. The zero-order valence-electron chi connectivity index (χ0n) is 20.4. The van der Waals surface area contributed by atoms with E-state index < -0.39 is 36.0 Å². The number of fused-ring (bicyclic) bond motifs is 1. The van der Waals surface area contributed by atoms with Crippen LogP contribution in [0.5, 0.6) is 11.5 Å². The summed E-state index contributed by atoms with van der Waals surface area (Å²) >= 11 is 0. The molecule has 1 heterocycles. The van der Waals surface area contributed by atoms with Crippen LogP contribution in [0.2, 0.25) is 0 Å². The fourth-order valence-electron chi connectivity index (χ4n) is 4.35. The Kier molecular flexibility index (Phi) is 8.70. The Labute approximate surface area is 205 Å². The van der Waals surface area contributed by atoms with Gasteiger partial charge >= 0.3 is 11.9 Å². The molecule has 9 heteroatoms. The number of carboxylic acid groups (broad SMARTS) is 1. The van der Waals surface area contributed by atoms with Crippen LogP contribution in [0.15, 0.2) is 42.5 Å². The molecule has 1 amide bonds. The Morgan fingerprint density at radius 2 is 1.69 bits per heavy atom. The van der Waals surface area contributed by atoms with Gasteiger partial charge < -0.3 is 24.2 Å². The van der Waals surface area contributed by atoms with Gasteiger partial charge in [-0.05, 0) is 48.6 Å². The maximum Gasteiger partial charge on any atom is 0.326 e. The van der Waals surface area contributed by atoms with Crippen LogP contribution in [0.1, 0.15) is 30.0 Å². The number of esters is 1. The molecule has 0 aliphatic carbocycles. The molecule has 0 saturated heterocycles. The Morgan fingerprint density at radius 1 is 1.06 bits per heavy atom. The number of nitrogens with one attached hydrogen (secondary N) is 1. The number of benzene rings is 2. The molecule has 0 saturated carbocycles. The number of carbonyl (C=O) groups excluding carboxylic acids is 2. The van der Waals surface area contributed by atoms with E-state index >= 15 is 0 Å². The topological polar surface area (TPSA) is 114 Å². The maximum absolute atomic E-state index is 13.4. The lowest BCUT2D eigenvalue weighted by Gasteiger charge is -2.37. The van der Waals surface area contributed by atoms with Crippen molar-refractivity contribution in [2.45, 2.75) is 50.9 Å². The van der Waals surface area contributed by atoms with Crippen LogP contribution in [0, 0.1) is 0 Å². The highest BCUT2D eigenvalue weighted by atomic mass is 16.5. The summed E-state index contributed by atoms with van der Waals surface area (Å²) in [6.07, 6.45) is 1.18. The first-order valence-electron chi connectivity index (χ1n) is 11.4. The summed E-state index contributed by atoms with van der Waals surface area (Å²) in [6.45, 7) is 1.73. The predicted octanol–water partition coefficient (Wildman–Crippen LogP) is 2.19. The zero-order chi connectivity index (χ0) is 25.5. The first kappa shape index (κ1) is 26.0. The number of rotatable bonds is 10. The molecule has 1 aliphatic rings. The third-order valence-electron chi connectivity index (χ3n) is 6.28. The van der Waals surface area contributed by atoms with Gasteiger partial charge in [-0.1, -0.05) is 30.3 Å². The molecule has 188 valence electrons. The van der Waals surface area contributed by atoms with Gasteiger partial charge in [-0.3, -0.25) is 14.9 Å². The van der Waals surface area contributed by atoms with E-state index in [1.807, 2.05) is 30.3 Å². The Bertz CT molecular complexity index is 1060. The van der Waals surface area contributed by atoms with Crippen molar-refractivity contribution in [3.05, 3.63) is 59.2 Å². The second kappa shape index (κ2) is 11.7. The summed E-state index contributed by atoms with van der Waals surface area (Å²) in [6, 6.07) is 10.7. The van der Waals surface area contributed by atoms with Gasteiger partial charge in [0.25, 0.3) is 0 Å². The number of carbonyl (C=O) groups is 3. The molecule has 3 rings (SSSR count). The predicted molar refractivity (Wildman–Crippen MR) is 128 cm³/mol. The lowest BCUT2D eigenvalue weighted by atomic mass is 9.92. The van der Waals surface area contributed by atoms with Gasteiger partial charge in [0.05, 0.1) is 27.4 Å². The van der Waals surface area contributed by atoms with Crippen LogP contribution in [-0.2, 0) is 38.5 Å². The average Bonchev–Trinajstić information content (AvgIpc) is 2.88. The van der Waals surface area contributed by atoms with Crippen molar-refractivity contribution in [2.24, 2.45) is 0 Å². The molecular weight excluding hydrogens is 452 g/mol. The third-order valence-corrected chi connectivity index (χ3v) is 6.28. The van der Waals surface area contributed by atoms with Crippen molar-refractivity contribution >= 4 is 17.8 Å². The van der Waals surface area contributed by atoms with Crippen molar-refractivity contribution in [3.63, 3.8) is 0 Å². The van der Waals surface area contributed by atoms with Crippen molar-refractivity contribution < 1.29 is 33.7 Å². The first-order chi connectivity index (χ1) is 16.8. The number of carboxylic acids is 1. The summed E-state index contributed by atoms with van der Waals surface area (Å²) in [5.41, 5.74) is 2.63. The summed E-state index contributed by atoms with van der Waals surface area (Å²) in [4.78, 5) is 39.2. The normalized spacial score (nSPS) is 16.6. The number of hydrogen-bond acceptors (Lipinski definition) is 7. The lowest BCUT2D eigenvalue weighted by molar-refractivity contribution is -0.153. The second-order valence-corrected chi connectivity index (χ2v) is 8.49. The number of nitrogens with zero attached hydrogens (tertiary/aromatic N) is 1. The molecule has 0 fully saturated rings. The van der Waals surface area contributed by atoms with Gasteiger partial charge in [0.1, 0.15) is 12.1 Å². The molecule has 0 spiro atoms. The SMILES string of the molecule is COC(=O)[C@H](CCc1ccccc1)N[C@@H](C)C(=O)N1Cc2cc(OC)c(OC)cc2C[C@@H]1C(=O)O. The molecule has 0 bridgehead atoms. The summed E-state index contributed by atoms with van der Waals surface area (Å²) in [5.74, 6) is -0.975. The number of amides is 1. The summed E-state index contributed by atoms with van der Waals surface area (Å²) < 4.78 is 15.6. The minimum Gasteiger partial charge on any atom is -0.493 e. The van der Waals surface area contributed by atoms with Crippen molar-refractivity contribution in [1.82, 2.24) is 10.2 Å². The van der Waals surface area contributed by atoms with E-state index in [0.717, 1.165) is 16.7 Å². The largest absolute Gasteiger partial charge is 0.493 e. The molecule has 3 atom stereocenters. The fraction of sp³-hybridized carbons (Fsp3) is 0.423. The van der Waals surface area contributed by atoms with Gasteiger partial charge in [-0.25, -0.2) is 4.79 Å². The number of aliphatic carboxylic acids is 1. The smallest absolute Gasteiger partial charge is 0.326 e. The second-order valence-electron chi connectivity index (χ2n) is 8.49. The lowest BCUT2D eigenvalue weighted by Crippen LogP contribution is -2.56. The van der Waals surface area contributed by atoms with Crippen molar-refractivity contribution in [1.29, 1.82) is 0 Å². The van der Waals surface area contributed by atoms with Crippen molar-refractivity contribution in [2.75, 3.05) is 21.3 Å². The summed E-state index contributed by atoms with van der Waals surface area (Å²) in [7, 11) is 4.33. The number of methoxy groups -OCH3 is 3. The quantitative estimate of drug-likeness (QED) is 0.494. The van der Waals surface area contributed by atoms with E-state index in [-0.39, 0.29) is 13.0 Å². The van der Waals surface area contributed by atoms with Gasteiger partial charge in [-0.2, -0.15) is 0 Å². The highest BCUT2D eigenvalue weighted by molar-refractivity contribution is 5.88. The van der Waals surface area contributed by atoms with Gasteiger partial charge in [0, 0.05) is 13.0 Å². The van der Waals surface area contributed by atoms with E-state index in [2.05, 4.69) is 5.32 Å². The van der Waals surface area contributed by atoms with Crippen LogP contribution in [0.3, 0.4) is 0 Å². The highest BCUT2D eigenvalue weighted by Crippen LogP contribution is 2.35. The minimum atomic E-state index is -1.10. The van der Waals surface area contributed by atoms with Gasteiger partial charge in [0.15, 0.2) is 11.5 Å². The Balaban J connectivity index is 1.78. The van der Waals surface area contributed by atoms with E-state index in [1.54, 1.807) is 19.1 Å². The third kappa shape index (κ3) is 6.10. The fourth-order valence-corrected chi connectivity index (χ4v) is 4.35.